The predicted molar refractivity (Wildman–Crippen MR) is 308 cm³/mol. The highest BCUT2D eigenvalue weighted by molar-refractivity contribution is 6.29. The van der Waals surface area contributed by atoms with Gasteiger partial charge >= 0.3 is 0 Å². The van der Waals surface area contributed by atoms with E-state index in [1.54, 1.807) is 0 Å². The Bertz CT molecular complexity index is 4370. The van der Waals surface area contributed by atoms with Crippen LogP contribution in [0.5, 0.6) is 0 Å². The number of benzene rings is 11. The second-order valence-corrected chi connectivity index (χ2v) is 20.3. The molecule has 0 saturated heterocycles. The number of furan rings is 2. The summed E-state index contributed by atoms with van der Waals surface area (Å²) in [4.78, 5) is 4.99. The molecule has 14 rings (SSSR count). The van der Waals surface area contributed by atoms with Crippen LogP contribution in [0.1, 0.15) is 40.5 Å². The summed E-state index contributed by atoms with van der Waals surface area (Å²) in [5.74, 6) is 1.46. The van der Waals surface area contributed by atoms with Gasteiger partial charge < -0.3 is 18.6 Å². The fraction of sp³-hybridized carbons (Fsp3) is 0.101. The van der Waals surface area contributed by atoms with E-state index in [1.165, 1.54) is 49.2 Å². The van der Waals surface area contributed by atoms with Gasteiger partial charge in [-0.1, -0.05) is 183 Å². The van der Waals surface area contributed by atoms with E-state index >= 15 is 0 Å². The van der Waals surface area contributed by atoms with Crippen molar-refractivity contribution in [2.45, 2.75) is 41.0 Å². The second kappa shape index (κ2) is 16.6. The summed E-state index contributed by atoms with van der Waals surface area (Å²) in [6, 6.07) is 71.2. The van der Waals surface area contributed by atoms with Crippen molar-refractivity contribution in [3.8, 4) is 22.3 Å². The minimum absolute atomic E-state index is 0.407. The van der Waals surface area contributed by atoms with E-state index in [4.69, 9.17) is 8.83 Å². The van der Waals surface area contributed by atoms with Crippen LogP contribution in [0.2, 0.25) is 0 Å². The van der Waals surface area contributed by atoms with Crippen LogP contribution in [0.15, 0.2) is 209 Å². The van der Waals surface area contributed by atoms with Crippen LogP contribution < -0.4 is 9.80 Å². The van der Waals surface area contributed by atoms with E-state index in [0.29, 0.717) is 5.92 Å². The second-order valence-electron chi connectivity index (χ2n) is 20.3. The van der Waals surface area contributed by atoms with Gasteiger partial charge in [0.05, 0.1) is 22.7 Å². The zero-order valence-corrected chi connectivity index (χ0v) is 41.6. The van der Waals surface area contributed by atoms with Gasteiger partial charge in [0, 0.05) is 50.3 Å². The van der Waals surface area contributed by atoms with Crippen molar-refractivity contribution in [2.24, 2.45) is 5.92 Å². The van der Waals surface area contributed by atoms with Crippen LogP contribution >= 0.6 is 0 Å². The normalized spacial score (nSPS) is 13.6. The molecule has 73 heavy (non-hydrogen) atoms. The average Bonchev–Trinajstić information content (AvgIpc) is 4.00. The van der Waals surface area contributed by atoms with Gasteiger partial charge in [0.2, 0.25) is 0 Å². The van der Waals surface area contributed by atoms with Crippen LogP contribution in [-0.2, 0) is 6.42 Å². The molecule has 1 aliphatic carbocycles. The average molecular weight is 941 g/mol. The van der Waals surface area contributed by atoms with E-state index in [-0.39, 0.29) is 0 Å². The summed E-state index contributed by atoms with van der Waals surface area (Å²) in [7, 11) is 0. The van der Waals surface area contributed by atoms with Crippen molar-refractivity contribution in [3.05, 3.63) is 234 Å². The molecular formula is C69H52N2O2. The van der Waals surface area contributed by atoms with Gasteiger partial charge in [0.1, 0.15) is 11.3 Å². The maximum Gasteiger partial charge on any atom is 0.159 e. The quantitative estimate of drug-likeness (QED) is 0.142. The Morgan fingerprint density at radius 2 is 0.877 bits per heavy atom. The van der Waals surface area contributed by atoms with E-state index in [9.17, 15) is 0 Å². The molecule has 0 bridgehead atoms. The third-order valence-electron chi connectivity index (χ3n) is 15.6. The number of anilines is 6. The van der Waals surface area contributed by atoms with Crippen LogP contribution in [0, 0.1) is 33.6 Å². The molecule has 0 amide bonds. The molecule has 4 nitrogen and oxygen atoms in total. The predicted octanol–water partition coefficient (Wildman–Crippen LogP) is 19.9. The van der Waals surface area contributed by atoms with Crippen molar-refractivity contribution in [1.29, 1.82) is 0 Å². The third-order valence-corrected chi connectivity index (χ3v) is 15.6. The zero-order chi connectivity index (χ0) is 49.1. The van der Waals surface area contributed by atoms with Gasteiger partial charge in [-0.3, -0.25) is 0 Å². The lowest BCUT2D eigenvalue weighted by atomic mass is 9.91. The Morgan fingerprint density at radius 1 is 0.397 bits per heavy atom. The lowest BCUT2D eigenvalue weighted by Crippen LogP contribution is -2.14. The number of nitrogens with zero attached hydrogens (tertiary/aromatic N) is 2. The Kier molecular flexibility index (Phi) is 9.78. The van der Waals surface area contributed by atoms with E-state index in [1.807, 2.05) is 0 Å². The van der Waals surface area contributed by atoms with Crippen molar-refractivity contribution in [3.63, 3.8) is 0 Å². The number of hydrogen-bond acceptors (Lipinski definition) is 4. The number of para-hydroxylation sites is 1. The molecular weight excluding hydrogens is 889 g/mol. The Hall–Kier alpha value is -8.86. The fourth-order valence-corrected chi connectivity index (χ4v) is 11.9. The van der Waals surface area contributed by atoms with Crippen LogP contribution in [0.3, 0.4) is 0 Å². The molecule has 350 valence electrons. The molecule has 0 fully saturated rings. The summed E-state index contributed by atoms with van der Waals surface area (Å²) in [5.41, 5.74) is 19.6. The van der Waals surface area contributed by atoms with E-state index in [2.05, 4.69) is 251 Å². The molecule has 0 aliphatic heterocycles. The molecule has 4 heteroatoms. The Labute approximate surface area is 425 Å². The first-order chi connectivity index (χ1) is 35.8. The maximum atomic E-state index is 7.10. The van der Waals surface area contributed by atoms with Crippen molar-refractivity contribution in [2.75, 3.05) is 9.80 Å². The summed E-state index contributed by atoms with van der Waals surface area (Å²) in [6.07, 6.45) is 5.46. The summed E-state index contributed by atoms with van der Waals surface area (Å²) < 4.78 is 14.1. The number of rotatable bonds is 8. The highest BCUT2D eigenvalue weighted by Crippen LogP contribution is 2.53. The van der Waals surface area contributed by atoms with Gasteiger partial charge in [0.15, 0.2) is 11.2 Å². The maximum absolute atomic E-state index is 7.10. The van der Waals surface area contributed by atoms with Crippen LogP contribution in [0.4, 0.5) is 34.1 Å². The lowest BCUT2D eigenvalue weighted by molar-refractivity contribution is 0.513. The molecule has 1 atom stereocenters. The summed E-state index contributed by atoms with van der Waals surface area (Å²) in [6.45, 7) is 11.2. The number of fused-ring (bicyclic) bond motifs is 6. The number of allylic oxidation sites excluding steroid dienone is 1. The molecule has 13 aromatic rings. The molecule has 1 unspecified atom stereocenters. The smallest absolute Gasteiger partial charge is 0.159 e. The Morgan fingerprint density at radius 3 is 1.45 bits per heavy atom. The summed E-state index contributed by atoms with van der Waals surface area (Å²) in [5, 5.41) is 10.5. The van der Waals surface area contributed by atoms with Crippen molar-refractivity contribution < 1.29 is 8.83 Å². The third kappa shape index (κ3) is 6.74. The highest BCUT2D eigenvalue weighted by Gasteiger charge is 2.30. The minimum Gasteiger partial charge on any atom is -0.458 e. The first-order valence-electron chi connectivity index (χ1n) is 25.5. The topological polar surface area (TPSA) is 32.8 Å². The molecule has 0 radical (unpaired) electrons. The summed E-state index contributed by atoms with van der Waals surface area (Å²) >= 11 is 0. The molecule has 2 heterocycles. The molecule has 11 aromatic carbocycles. The van der Waals surface area contributed by atoms with Gasteiger partial charge in [-0.15, -0.1) is 0 Å². The van der Waals surface area contributed by atoms with Crippen molar-refractivity contribution >= 4 is 105 Å². The highest BCUT2D eigenvalue weighted by atomic mass is 16.3. The van der Waals surface area contributed by atoms with Gasteiger partial charge in [-0.2, -0.15) is 0 Å². The SMILES string of the molecule is Cc1ccc(-c2ccccc2)cc1N(c1ccc2ccc3c(N(c4cc(-c5ccccc5)ccc4C)c4c(C)ccc5c4oc4ccccc45)ccc4ccc1c2c43)c1c(C)ccc2c3c(oc12)CC(C)C=C3. The lowest BCUT2D eigenvalue weighted by Gasteiger charge is -2.32. The molecule has 0 spiro atoms. The zero-order valence-electron chi connectivity index (χ0n) is 41.6. The monoisotopic (exact) mass is 940 g/mol. The molecule has 2 aromatic heterocycles. The van der Waals surface area contributed by atoms with Gasteiger partial charge in [-0.25, -0.2) is 0 Å². The first kappa shape index (κ1) is 43.0. The van der Waals surface area contributed by atoms with Gasteiger partial charge in [0.25, 0.3) is 0 Å². The largest absolute Gasteiger partial charge is 0.458 e. The minimum atomic E-state index is 0.407. The Balaban J connectivity index is 1.06. The standard InChI is InChI=1S/C69H52N2O2/c1-41-20-31-53-55-33-24-45(5)67(69(55)73-63(53)38-41)71(61-40-51(26-22-43(61)3)47-16-10-7-11-17-47)59-37-30-49-27-34-56-58(36-29-48-28-35-57(59)65(49)64(48)56)70(60-39-50(25-21-42(60)2)46-14-8-6-9-15-46)66-44(4)23-32-54-52-18-12-13-19-62(52)72-68(54)66/h6-37,39-41H,38H2,1-5H3. The number of aryl methyl sites for hydroxylation is 4. The van der Waals surface area contributed by atoms with Crippen molar-refractivity contribution in [1.82, 2.24) is 0 Å². The first-order valence-corrected chi connectivity index (χ1v) is 25.5. The molecule has 0 saturated carbocycles. The molecule has 1 aliphatic rings. The van der Waals surface area contributed by atoms with Gasteiger partial charge in [-0.05, 0) is 130 Å². The van der Waals surface area contributed by atoms with Crippen LogP contribution in [-0.4, -0.2) is 0 Å². The van der Waals surface area contributed by atoms with E-state index < -0.39 is 0 Å². The fourth-order valence-electron chi connectivity index (χ4n) is 11.9. The molecule has 0 N–H and O–H groups in total. The van der Waals surface area contributed by atoms with E-state index in [0.717, 1.165) is 112 Å². The van der Waals surface area contributed by atoms with Crippen LogP contribution in [0.25, 0.3) is 93.6 Å². The number of hydrogen-bond donors (Lipinski definition) is 0.